The summed E-state index contributed by atoms with van der Waals surface area (Å²) >= 11 is 0. The lowest BCUT2D eigenvalue weighted by Crippen LogP contribution is -2.28. The van der Waals surface area contributed by atoms with Crippen LogP contribution in [0.2, 0.25) is 0 Å². The molecule has 132 valence electrons. The van der Waals surface area contributed by atoms with Gasteiger partial charge in [-0.1, -0.05) is 36.8 Å². The molecule has 2 atom stereocenters. The highest BCUT2D eigenvalue weighted by Crippen LogP contribution is 2.28. The van der Waals surface area contributed by atoms with Crippen molar-refractivity contribution in [1.82, 2.24) is 0 Å². The second kappa shape index (κ2) is 8.17. The van der Waals surface area contributed by atoms with Gasteiger partial charge in [0.25, 0.3) is 0 Å². The Morgan fingerprint density at radius 3 is 2.68 bits per heavy atom. The maximum Gasteiger partial charge on any atom is 0.224 e. The van der Waals surface area contributed by atoms with Crippen LogP contribution in [0.3, 0.4) is 0 Å². The molecule has 1 fully saturated rings. The van der Waals surface area contributed by atoms with Crippen LogP contribution in [0, 0.1) is 12.8 Å². The third-order valence-corrected chi connectivity index (χ3v) is 5.02. The van der Waals surface area contributed by atoms with Crippen LogP contribution in [0.15, 0.2) is 48.5 Å². The molecule has 4 heteroatoms. The molecule has 0 saturated heterocycles. The number of benzene rings is 2. The van der Waals surface area contributed by atoms with Gasteiger partial charge in [-0.3, -0.25) is 4.79 Å². The molecule has 0 spiro atoms. The largest absolute Gasteiger partial charge is 0.489 e. The van der Waals surface area contributed by atoms with Crippen molar-refractivity contribution in [2.24, 2.45) is 11.7 Å². The highest BCUT2D eigenvalue weighted by molar-refractivity contribution is 5.91. The molecule has 1 saturated carbocycles. The smallest absolute Gasteiger partial charge is 0.224 e. The van der Waals surface area contributed by atoms with Gasteiger partial charge in [-0.05, 0) is 55.0 Å². The molecule has 1 aliphatic rings. The predicted molar refractivity (Wildman–Crippen MR) is 101 cm³/mol. The van der Waals surface area contributed by atoms with Gasteiger partial charge in [-0.25, -0.2) is 0 Å². The second-order valence-corrected chi connectivity index (χ2v) is 6.80. The number of para-hydroxylation sites is 1. The summed E-state index contributed by atoms with van der Waals surface area (Å²) in [5.41, 5.74) is 9.04. The number of carbonyl (C=O) groups excluding carboxylic acids is 1. The molecule has 25 heavy (non-hydrogen) atoms. The van der Waals surface area contributed by atoms with Gasteiger partial charge in [-0.2, -0.15) is 0 Å². The lowest BCUT2D eigenvalue weighted by Gasteiger charge is -2.17. The van der Waals surface area contributed by atoms with Gasteiger partial charge in [0, 0.05) is 18.2 Å². The number of anilines is 1. The summed E-state index contributed by atoms with van der Waals surface area (Å²) in [6.07, 6.45) is 3.72. The van der Waals surface area contributed by atoms with Crippen molar-refractivity contribution in [1.29, 1.82) is 0 Å². The number of ether oxygens (including phenoxy) is 1. The zero-order valence-corrected chi connectivity index (χ0v) is 14.7. The number of hydrogen-bond donors (Lipinski definition) is 2. The Labute approximate surface area is 149 Å². The van der Waals surface area contributed by atoms with E-state index >= 15 is 0 Å². The number of nitrogens with two attached hydrogens (primary N) is 1. The van der Waals surface area contributed by atoms with Gasteiger partial charge in [0.2, 0.25) is 5.91 Å². The third-order valence-electron chi connectivity index (χ3n) is 5.02. The van der Waals surface area contributed by atoms with Gasteiger partial charge in [0.1, 0.15) is 12.4 Å². The average molecular weight is 338 g/mol. The molecule has 3 rings (SSSR count). The number of nitrogens with one attached hydrogen (secondary N) is 1. The molecule has 0 unspecified atom stereocenters. The topological polar surface area (TPSA) is 64.3 Å². The van der Waals surface area contributed by atoms with Crippen molar-refractivity contribution in [3.8, 4) is 5.75 Å². The quantitative estimate of drug-likeness (QED) is 0.836. The van der Waals surface area contributed by atoms with Crippen LogP contribution in [0.4, 0.5) is 5.69 Å². The van der Waals surface area contributed by atoms with Gasteiger partial charge in [0.15, 0.2) is 0 Å². The molecular weight excluding hydrogens is 312 g/mol. The summed E-state index contributed by atoms with van der Waals surface area (Å²) in [6, 6.07) is 15.8. The first-order chi connectivity index (χ1) is 12.1. The van der Waals surface area contributed by atoms with Crippen LogP contribution < -0.4 is 15.8 Å². The molecule has 0 aromatic heterocycles. The number of rotatable bonds is 6. The molecule has 2 aromatic carbocycles. The van der Waals surface area contributed by atoms with E-state index in [0.717, 1.165) is 41.8 Å². The number of hydrogen-bond acceptors (Lipinski definition) is 3. The Bertz CT molecular complexity index is 715. The summed E-state index contributed by atoms with van der Waals surface area (Å²) in [7, 11) is 0. The monoisotopic (exact) mass is 338 g/mol. The molecule has 4 nitrogen and oxygen atoms in total. The first-order valence-corrected chi connectivity index (χ1v) is 8.95. The molecular formula is C21H26N2O2. The van der Waals surface area contributed by atoms with E-state index in [1.165, 1.54) is 0 Å². The highest BCUT2D eigenvalue weighted by Gasteiger charge is 2.26. The van der Waals surface area contributed by atoms with Crippen molar-refractivity contribution in [2.45, 2.75) is 45.3 Å². The van der Waals surface area contributed by atoms with E-state index in [1.54, 1.807) is 0 Å². The molecule has 3 N–H and O–H groups in total. The van der Waals surface area contributed by atoms with Crippen LogP contribution in [-0.2, 0) is 11.4 Å². The summed E-state index contributed by atoms with van der Waals surface area (Å²) in [4.78, 5) is 12.4. The fourth-order valence-corrected chi connectivity index (χ4v) is 3.41. The Balaban J connectivity index is 1.61. The van der Waals surface area contributed by atoms with Gasteiger partial charge >= 0.3 is 0 Å². The van der Waals surface area contributed by atoms with E-state index in [9.17, 15) is 4.79 Å². The Morgan fingerprint density at radius 1 is 1.16 bits per heavy atom. The van der Waals surface area contributed by atoms with Crippen molar-refractivity contribution < 1.29 is 9.53 Å². The average Bonchev–Trinajstić information content (AvgIpc) is 3.01. The summed E-state index contributed by atoms with van der Waals surface area (Å²) in [5.74, 6) is 1.20. The molecule has 0 radical (unpaired) electrons. The molecule has 1 amide bonds. The van der Waals surface area contributed by atoms with Crippen molar-refractivity contribution in [3.63, 3.8) is 0 Å². The summed E-state index contributed by atoms with van der Waals surface area (Å²) in [6.45, 7) is 2.49. The maximum atomic E-state index is 12.4. The minimum Gasteiger partial charge on any atom is -0.489 e. The highest BCUT2D eigenvalue weighted by atomic mass is 16.5. The summed E-state index contributed by atoms with van der Waals surface area (Å²) < 4.78 is 5.83. The Kier molecular flexibility index (Phi) is 5.71. The molecule has 0 heterocycles. The van der Waals surface area contributed by atoms with Gasteiger partial charge in [-0.15, -0.1) is 0 Å². The second-order valence-electron chi connectivity index (χ2n) is 6.80. The van der Waals surface area contributed by atoms with Crippen molar-refractivity contribution in [3.05, 3.63) is 59.7 Å². The van der Waals surface area contributed by atoms with E-state index in [1.807, 2.05) is 55.5 Å². The normalized spacial score (nSPS) is 19.6. The van der Waals surface area contributed by atoms with Crippen LogP contribution in [0.25, 0.3) is 0 Å². The van der Waals surface area contributed by atoms with E-state index < -0.39 is 0 Å². The lowest BCUT2D eigenvalue weighted by molar-refractivity contribution is -0.117. The molecule has 0 bridgehead atoms. The van der Waals surface area contributed by atoms with E-state index in [0.29, 0.717) is 18.9 Å². The lowest BCUT2D eigenvalue weighted by atomic mass is 9.99. The standard InChI is InChI=1S/C21H26N2O2/c1-15-17(14-25-18-9-3-2-4-10-18)8-6-12-20(15)23-21(24)13-16-7-5-11-19(16)22/h2-4,6,8-10,12,16,19H,5,7,11,13-14,22H2,1H3,(H,23,24)/t16-,19+/m0/s1. The number of carbonyl (C=O) groups is 1. The van der Waals surface area contributed by atoms with Crippen LogP contribution >= 0.6 is 0 Å². The van der Waals surface area contributed by atoms with Crippen LogP contribution in [0.1, 0.15) is 36.8 Å². The number of amides is 1. The van der Waals surface area contributed by atoms with E-state index in [4.69, 9.17) is 10.5 Å². The predicted octanol–water partition coefficient (Wildman–Crippen LogP) is 4.03. The van der Waals surface area contributed by atoms with E-state index in [2.05, 4.69) is 5.32 Å². The SMILES string of the molecule is Cc1c(COc2ccccc2)cccc1NC(=O)C[C@@H]1CCC[C@H]1N. The maximum absolute atomic E-state index is 12.4. The Hall–Kier alpha value is -2.33. The van der Waals surface area contributed by atoms with Gasteiger partial charge in [0.05, 0.1) is 0 Å². The minimum atomic E-state index is 0.0478. The Morgan fingerprint density at radius 2 is 1.96 bits per heavy atom. The van der Waals surface area contributed by atoms with Crippen molar-refractivity contribution >= 4 is 11.6 Å². The van der Waals surface area contributed by atoms with Crippen LogP contribution in [0.5, 0.6) is 5.75 Å². The van der Waals surface area contributed by atoms with Crippen LogP contribution in [-0.4, -0.2) is 11.9 Å². The molecule has 0 aliphatic heterocycles. The fraction of sp³-hybridized carbons (Fsp3) is 0.381. The fourth-order valence-electron chi connectivity index (χ4n) is 3.41. The molecule has 2 aromatic rings. The zero-order valence-electron chi connectivity index (χ0n) is 14.7. The third kappa shape index (κ3) is 4.60. The minimum absolute atomic E-state index is 0.0478. The van der Waals surface area contributed by atoms with Crippen molar-refractivity contribution in [2.75, 3.05) is 5.32 Å². The van der Waals surface area contributed by atoms with Gasteiger partial charge < -0.3 is 15.8 Å². The first kappa shape index (κ1) is 17.5. The van der Waals surface area contributed by atoms with E-state index in [-0.39, 0.29) is 11.9 Å². The molecule has 1 aliphatic carbocycles. The first-order valence-electron chi connectivity index (χ1n) is 8.95. The summed E-state index contributed by atoms with van der Waals surface area (Å²) in [5, 5.41) is 3.05. The zero-order chi connectivity index (χ0) is 17.6.